The van der Waals surface area contributed by atoms with Crippen LogP contribution in [-0.2, 0) is 11.3 Å². The number of hydrogen-bond acceptors (Lipinski definition) is 7. The normalized spacial score (nSPS) is 19.5. The summed E-state index contributed by atoms with van der Waals surface area (Å²) in [5, 5.41) is 9.66. The van der Waals surface area contributed by atoms with Crippen LogP contribution in [0.5, 0.6) is 5.75 Å². The number of nitrogens with zero attached hydrogens (tertiary/aromatic N) is 4. The quantitative estimate of drug-likeness (QED) is 0.785. The SMILES string of the molecule is CCOc1cccc(CN(C)c2cc(C3CCOC3)nc(N3CC(O)C3)n2)c1. The van der Waals surface area contributed by atoms with Gasteiger partial charge in [0.05, 0.1) is 25.0 Å². The highest BCUT2D eigenvalue weighted by atomic mass is 16.5. The van der Waals surface area contributed by atoms with Crippen molar-refractivity contribution < 1.29 is 14.6 Å². The van der Waals surface area contributed by atoms with Gasteiger partial charge in [-0.3, -0.25) is 0 Å². The fourth-order valence-corrected chi connectivity index (χ4v) is 3.63. The van der Waals surface area contributed by atoms with Crippen LogP contribution in [-0.4, -0.2) is 61.1 Å². The van der Waals surface area contributed by atoms with E-state index in [4.69, 9.17) is 19.4 Å². The first kappa shape index (κ1) is 19.0. The Kier molecular flexibility index (Phi) is 5.64. The molecule has 3 heterocycles. The van der Waals surface area contributed by atoms with E-state index in [-0.39, 0.29) is 6.10 Å². The molecule has 0 aliphatic carbocycles. The minimum absolute atomic E-state index is 0.287. The van der Waals surface area contributed by atoms with E-state index in [2.05, 4.69) is 23.1 Å². The highest BCUT2D eigenvalue weighted by molar-refractivity contribution is 5.48. The molecular formula is C21H28N4O3. The highest BCUT2D eigenvalue weighted by Crippen LogP contribution is 2.29. The Labute approximate surface area is 165 Å². The summed E-state index contributed by atoms with van der Waals surface area (Å²) in [5.41, 5.74) is 2.19. The molecule has 1 aromatic heterocycles. The van der Waals surface area contributed by atoms with Crippen molar-refractivity contribution in [1.29, 1.82) is 0 Å². The Bertz CT molecular complexity index is 804. The van der Waals surface area contributed by atoms with E-state index in [1.165, 1.54) is 5.56 Å². The van der Waals surface area contributed by atoms with Crippen LogP contribution in [0.25, 0.3) is 0 Å². The maximum absolute atomic E-state index is 9.66. The van der Waals surface area contributed by atoms with Crippen LogP contribution >= 0.6 is 0 Å². The standard InChI is InChI=1S/C21H28N4O3/c1-3-28-18-6-4-5-15(9-18)11-24(2)20-10-19(16-7-8-27-14-16)22-21(23-20)25-12-17(26)13-25/h4-6,9-10,16-17,26H,3,7-8,11-14H2,1-2H3. The number of benzene rings is 1. The summed E-state index contributed by atoms with van der Waals surface area (Å²) in [6.07, 6.45) is 0.697. The zero-order chi connectivity index (χ0) is 19.5. The number of β-amino-alcohol motifs (C(OH)–C–C–N with tert-alkyl or cyclic N) is 1. The van der Waals surface area contributed by atoms with Gasteiger partial charge in [0.25, 0.3) is 0 Å². The number of ether oxygens (including phenoxy) is 2. The predicted molar refractivity (Wildman–Crippen MR) is 108 cm³/mol. The molecule has 1 aromatic carbocycles. The Morgan fingerprint density at radius 3 is 2.86 bits per heavy atom. The lowest BCUT2D eigenvalue weighted by Gasteiger charge is -2.36. The number of aromatic nitrogens is 2. The van der Waals surface area contributed by atoms with Crippen molar-refractivity contribution >= 4 is 11.8 Å². The summed E-state index contributed by atoms with van der Waals surface area (Å²) in [7, 11) is 2.04. The molecule has 2 aliphatic rings. The van der Waals surface area contributed by atoms with E-state index >= 15 is 0 Å². The topological polar surface area (TPSA) is 71.0 Å². The van der Waals surface area contributed by atoms with Gasteiger partial charge in [0.15, 0.2) is 0 Å². The molecule has 1 unspecified atom stereocenters. The van der Waals surface area contributed by atoms with Crippen LogP contribution in [0.3, 0.4) is 0 Å². The second-order valence-corrected chi connectivity index (χ2v) is 7.51. The van der Waals surface area contributed by atoms with Crippen molar-refractivity contribution in [3.8, 4) is 5.75 Å². The number of aliphatic hydroxyl groups is 1. The zero-order valence-electron chi connectivity index (χ0n) is 16.5. The van der Waals surface area contributed by atoms with Gasteiger partial charge >= 0.3 is 0 Å². The molecule has 1 atom stereocenters. The van der Waals surface area contributed by atoms with Crippen molar-refractivity contribution in [1.82, 2.24) is 9.97 Å². The number of rotatable bonds is 7. The van der Waals surface area contributed by atoms with Crippen LogP contribution < -0.4 is 14.5 Å². The largest absolute Gasteiger partial charge is 0.494 e. The average molecular weight is 384 g/mol. The van der Waals surface area contributed by atoms with Gasteiger partial charge in [-0.15, -0.1) is 0 Å². The monoisotopic (exact) mass is 384 g/mol. The van der Waals surface area contributed by atoms with Gasteiger partial charge in [0.2, 0.25) is 5.95 Å². The molecule has 7 heteroatoms. The summed E-state index contributed by atoms with van der Waals surface area (Å²) in [6.45, 7) is 6.03. The minimum atomic E-state index is -0.287. The molecule has 4 rings (SSSR count). The number of hydrogen-bond donors (Lipinski definition) is 1. The molecule has 28 heavy (non-hydrogen) atoms. The number of anilines is 2. The van der Waals surface area contributed by atoms with E-state index in [9.17, 15) is 5.11 Å². The van der Waals surface area contributed by atoms with Crippen molar-refractivity contribution in [3.63, 3.8) is 0 Å². The van der Waals surface area contributed by atoms with E-state index in [0.29, 0.717) is 38.2 Å². The smallest absolute Gasteiger partial charge is 0.227 e. The summed E-state index contributed by atoms with van der Waals surface area (Å²) in [5.74, 6) is 2.77. The van der Waals surface area contributed by atoms with E-state index < -0.39 is 0 Å². The van der Waals surface area contributed by atoms with Crippen LogP contribution in [0, 0.1) is 0 Å². The summed E-state index contributed by atoms with van der Waals surface area (Å²) in [6, 6.07) is 10.2. The Balaban J connectivity index is 1.57. The zero-order valence-corrected chi connectivity index (χ0v) is 16.5. The van der Waals surface area contributed by atoms with Crippen molar-refractivity contribution in [2.75, 3.05) is 49.8 Å². The molecule has 0 radical (unpaired) electrons. The van der Waals surface area contributed by atoms with Gasteiger partial charge in [0.1, 0.15) is 11.6 Å². The van der Waals surface area contributed by atoms with Gasteiger partial charge in [-0.25, -0.2) is 4.98 Å². The summed E-state index contributed by atoms with van der Waals surface area (Å²) in [4.78, 5) is 13.7. The Hall–Kier alpha value is -2.38. The summed E-state index contributed by atoms with van der Waals surface area (Å²) >= 11 is 0. The van der Waals surface area contributed by atoms with E-state index in [0.717, 1.165) is 36.8 Å². The van der Waals surface area contributed by atoms with Crippen LogP contribution in [0.4, 0.5) is 11.8 Å². The lowest BCUT2D eigenvalue weighted by molar-refractivity contribution is 0.140. The second kappa shape index (κ2) is 8.32. The molecule has 0 saturated carbocycles. The lowest BCUT2D eigenvalue weighted by atomic mass is 10.0. The van der Waals surface area contributed by atoms with Crippen LogP contribution in [0.1, 0.15) is 30.5 Å². The van der Waals surface area contributed by atoms with Gasteiger partial charge < -0.3 is 24.4 Å². The van der Waals surface area contributed by atoms with Gasteiger partial charge in [-0.2, -0.15) is 4.98 Å². The van der Waals surface area contributed by atoms with Crippen molar-refractivity contribution in [3.05, 3.63) is 41.6 Å². The molecule has 0 spiro atoms. The molecule has 0 bridgehead atoms. The third kappa shape index (κ3) is 4.20. The third-order valence-electron chi connectivity index (χ3n) is 5.23. The fraction of sp³-hybridized carbons (Fsp3) is 0.524. The molecule has 1 N–H and O–H groups in total. The predicted octanol–water partition coefficient (Wildman–Crippen LogP) is 2.20. The average Bonchev–Trinajstić information content (AvgIpc) is 3.20. The fourth-order valence-electron chi connectivity index (χ4n) is 3.63. The first-order valence-electron chi connectivity index (χ1n) is 9.95. The minimum Gasteiger partial charge on any atom is -0.494 e. The van der Waals surface area contributed by atoms with Gasteiger partial charge in [-0.05, 0) is 31.0 Å². The Morgan fingerprint density at radius 2 is 2.14 bits per heavy atom. The van der Waals surface area contributed by atoms with Crippen LogP contribution in [0.2, 0.25) is 0 Å². The van der Waals surface area contributed by atoms with E-state index in [1.54, 1.807) is 0 Å². The number of aliphatic hydroxyl groups excluding tert-OH is 1. The molecular weight excluding hydrogens is 356 g/mol. The molecule has 0 amide bonds. The molecule has 2 aromatic rings. The molecule has 2 saturated heterocycles. The lowest BCUT2D eigenvalue weighted by Crippen LogP contribution is -2.51. The second-order valence-electron chi connectivity index (χ2n) is 7.51. The Morgan fingerprint density at radius 1 is 1.29 bits per heavy atom. The maximum Gasteiger partial charge on any atom is 0.227 e. The van der Waals surface area contributed by atoms with Crippen molar-refractivity contribution in [2.45, 2.75) is 31.9 Å². The highest BCUT2D eigenvalue weighted by Gasteiger charge is 2.29. The maximum atomic E-state index is 9.66. The molecule has 2 aliphatic heterocycles. The van der Waals surface area contributed by atoms with Gasteiger partial charge in [0, 0.05) is 45.3 Å². The summed E-state index contributed by atoms with van der Waals surface area (Å²) < 4.78 is 11.2. The van der Waals surface area contributed by atoms with E-state index in [1.807, 2.05) is 31.0 Å². The molecule has 7 nitrogen and oxygen atoms in total. The van der Waals surface area contributed by atoms with Gasteiger partial charge in [-0.1, -0.05) is 12.1 Å². The van der Waals surface area contributed by atoms with Crippen LogP contribution in [0.15, 0.2) is 30.3 Å². The molecule has 2 fully saturated rings. The van der Waals surface area contributed by atoms with Crippen molar-refractivity contribution in [2.24, 2.45) is 0 Å². The molecule has 150 valence electrons. The third-order valence-corrected chi connectivity index (χ3v) is 5.23. The first-order valence-corrected chi connectivity index (χ1v) is 9.95. The first-order chi connectivity index (χ1) is 13.6.